The standard InChI is InChI=1S/C14H17FN2/c1-12(13-3-5-14(15)6-4-13)7-8-16-11-17-9-2-10-17/h3-8,16H,1-2,9-11H2/b8-7-. The van der Waals surface area contributed by atoms with E-state index in [1.54, 1.807) is 12.1 Å². The van der Waals surface area contributed by atoms with Gasteiger partial charge in [0.25, 0.3) is 0 Å². The van der Waals surface area contributed by atoms with E-state index in [1.807, 2.05) is 12.3 Å². The van der Waals surface area contributed by atoms with Gasteiger partial charge in [0.1, 0.15) is 5.82 Å². The van der Waals surface area contributed by atoms with Crippen LogP contribution in [0.2, 0.25) is 0 Å². The summed E-state index contributed by atoms with van der Waals surface area (Å²) in [6, 6.07) is 6.36. The number of nitrogens with zero attached hydrogens (tertiary/aromatic N) is 1. The van der Waals surface area contributed by atoms with Gasteiger partial charge in [0, 0.05) is 13.1 Å². The third-order valence-electron chi connectivity index (χ3n) is 2.88. The van der Waals surface area contributed by atoms with Crippen LogP contribution in [0.15, 0.2) is 43.1 Å². The second kappa shape index (κ2) is 5.64. The summed E-state index contributed by atoms with van der Waals surface area (Å²) in [5.41, 5.74) is 1.81. The Bertz CT molecular complexity index is 405. The van der Waals surface area contributed by atoms with Gasteiger partial charge < -0.3 is 5.32 Å². The Morgan fingerprint density at radius 1 is 1.35 bits per heavy atom. The lowest BCUT2D eigenvalue weighted by molar-refractivity contribution is 0.175. The molecule has 1 heterocycles. The van der Waals surface area contributed by atoms with Crippen molar-refractivity contribution < 1.29 is 4.39 Å². The molecule has 2 nitrogen and oxygen atoms in total. The number of halogens is 1. The number of allylic oxidation sites excluding steroid dienone is 2. The zero-order valence-corrected chi connectivity index (χ0v) is 9.82. The molecule has 17 heavy (non-hydrogen) atoms. The molecule has 90 valence electrons. The highest BCUT2D eigenvalue weighted by atomic mass is 19.1. The third-order valence-corrected chi connectivity index (χ3v) is 2.88. The summed E-state index contributed by atoms with van der Waals surface area (Å²) in [6.07, 6.45) is 5.10. The molecule has 1 fully saturated rings. The number of nitrogens with one attached hydrogen (secondary N) is 1. The van der Waals surface area contributed by atoms with Crippen LogP contribution in [0.3, 0.4) is 0 Å². The van der Waals surface area contributed by atoms with Crippen molar-refractivity contribution in [2.45, 2.75) is 6.42 Å². The van der Waals surface area contributed by atoms with Gasteiger partial charge in [-0.1, -0.05) is 18.7 Å². The van der Waals surface area contributed by atoms with Crippen molar-refractivity contribution >= 4 is 5.57 Å². The first-order valence-electron chi connectivity index (χ1n) is 5.83. The van der Waals surface area contributed by atoms with E-state index < -0.39 is 0 Å². The molecule has 0 bridgehead atoms. The highest BCUT2D eigenvalue weighted by molar-refractivity contribution is 5.71. The molecule has 1 aromatic carbocycles. The second-order valence-corrected chi connectivity index (χ2v) is 4.20. The number of hydrogen-bond donors (Lipinski definition) is 1. The largest absolute Gasteiger partial charge is 0.378 e. The van der Waals surface area contributed by atoms with Crippen LogP contribution in [-0.2, 0) is 0 Å². The Morgan fingerprint density at radius 3 is 2.65 bits per heavy atom. The highest BCUT2D eigenvalue weighted by Gasteiger charge is 2.11. The van der Waals surface area contributed by atoms with Gasteiger partial charge in [-0.15, -0.1) is 0 Å². The molecular weight excluding hydrogens is 215 g/mol. The van der Waals surface area contributed by atoms with Crippen LogP contribution in [0.25, 0.3) is 5.57 Å². The topological polar surface area (TPSA) is 15.3 Å². The van der Waals surface area contributed by atoms with Gasteiger partial charge in [-0.05, 0) is 42.0 Å². The summed E-state index contributed by atoms with van der Waals surface area (Å²) in [4.78, 5) is 2.32. The summed E-state index contributed by atoms with van der Waals surface area (Å²) >= 11 is 0. The second-order valence-electron chi connectivity index (χ2n) is 4.20. The maximum Gasteiger partial charge on any atom is 0.123 e. The van der Waals surface area contributed by atoms with Gasteiger partial charge in [-0.25, -0.2) is 4.39 Å². The molecule has 1 saturated heterocycles. The van der Waals surface area contributed by atoms with Crippen molar-refractivity contribution in [2.75, 3.05) is 19.8 Å². The summed E-state index contributed by atoms with van der Waals surface area (Å²) < 4.78 is 12.7. The van der Waals surface area contributed by atoms with Gasteiger partial charge >= 0.3 is 0 Å². The minimum absolute atomic E-state index is 0.221. The van der Waals surface area contributed by atoms with Crippen molar-refractivity contribution in [2.24, 2.45) is 0 Å². The molecule has 0 amide bonds. The Morgan fingerprint density at radius 2 is 2.06 bits per heavy atom. The minimum Gasteiger partial charge on any atom is -0.378 e. The Labute approximate surface area is 101 Å². The van der Waals surface area contributed by atoms with E-state index >= 15 is 0 Å². The lowest BCUT2D eigenvalue weighted by atomic mass is 10.1. The highest BCUT2D eigenvalue weighted by Crippen LogP contribution is 2.13. The lowest BCUT2D eigenvalue weighted by Crippen LogP contribution is -2.41. The number of rotatable bonds is 5. The van der Waals surface area contributed by atoms with Crippen LogP contribution in [-0.4, -0.2) is 24.7 Å². The third kappa shape index (κ3) is 3.43. The van der Waals surface area contributed by atoms with Crippen molar-refractivity contribution in [3.8, 4) is 0 Å². The molecular formula is C14H17FN2. The fourth-order valence-electron chi connectivity index (χ4n) is 1.64. The molecule has 3 heteroatoms. The van der Waals surface area contributed by atoms with E-state index in [9.17, 15) is 4.39 Å². The molecule has 1 aromatic rings. The van der Waals surface area contributed by atoms with Crippen molar-refractivity contribution in [1.29, 1.82) is 0 Å². The molecule has 0 atom stereocenters. The van der Waals surface area contributed by atoms with Crippen LogP contribution in [0.5, 0.6) is 0 Å². The summed E-state index contributed by atoms with van der Waals surface area (Å²) in [7, 11) is 0. The van der Waals surface area contributed by atoms with E-state index in [0.717, 1.165) is 17.8 Å². The lowest BCUT2D eigenvalue weighted by Gasteiger charge is -2.30. The number of benzene rings is 1. The average Bonchev–Trinajstić information content (AvgIpc) is 2.27. The molecule has 0 aromatic heterocycles. The van der Waals surface area contributed by atoms with Crippen LogP contribution in [0, 0.1) is 5.82 Å². The van der Waals surface area contributed by atoms with Crippen LogP contribution >= 0.6 is 0 Å². The van der Waals surface area contributed by atoms with E-state index in [1.165, 1.54) is 31.6 Å². The zero-order chi connectivity index (χ0) is 12.1. The van der Waals surface area contributed by atoms with Gasteiger partial charge in [0.05, 0.1) is 6.67 Å². The minimum atomic E-state index is -0.221. The summed E-state index contributed by atoms with van der Waals surface area (Å²) in [5, 5.41) is 3.21. The van der Waals surface area contributed by atoms with E-state index in [-0.39, 0.29) is 5.82 Å². The van der Waals surface area contributed by atoms with Crippen LogP contribution in [0.1, 0.15) is 12.0 Å². The predicted molar refractivity (Wildman–Crippen MR) is 68.8 cm³/mol. The first-order chi connectivity index (χ1) is 8.25. The Balaban J connectivity index is 1.79. The van der Waals surface area contributed by atoms with E-state index in [2.05, 4.69) is 16.8 Å². The van der Waals surface area contributed by atoms with E-state index in [0.29, 0.717) is 0 Å². The fraction of sp³-hybridized carbons (Fsp3) is 0.286. The van der Waals surface area contributed by atoms with Gasteiger partial charge in [0.2, 0.25) is 0 Å². The van der Waals surface area contributed by atoms with Gasteiger partial charge in [-0.2, -0.15) is 0 Å². The van der Waals surface area contributed by atoms with Crippen molar-refractivity contribution in [1.82, 2.24) is 10.2 Å². The molecule has 0 spiro atoms. The van der Waals surface area contributed by atoms with Crippen molar-refractivity contribution in [3.05, 3.63) is 54.5 Å². The SMILES string of the molecule is C=C(/C=C\NCN1CCC1)c1ccc(F)cc1. The number of likely N-dealkylation sites (tertiary alicyclic amines) is 1. The zero-order valence-electron chi connectivity index (χ0n) is 9.82. The molecule has 0 saturated carbocycles. The average molecular weight is 232 g/mol. The molecule has 1 aliphatic rings. The number of hydrogen-bond acceptors (Lipinski definition) is 2. The molecule has 0 radical (unpaired) electrons. The van der Waals surface area contributed by atoms with Gasteiger partial charge in [-0.3, -0.25) is 4.90 Å². The van der Waals surface area contributed by atoms with Crippen LogP contribution < -0.4 is 5.32 Å². The maximum absolute atomic E-state index is 12.7. The predicted octanol–water partition coefficient (Wildman–Crippen LogP) is 2.61. The summed E-state index contributed by atoms with van der Waals surface area (Å²) in [6.45, 7) is 7.19. The van der Waals surface area contributed by atoms with Crippen molar-refractivity contribution in [3.63, 3.8) is 0 Å². The quantitative estimate of drug-likeness (QED) is 0.785. The van der Waals surface area contributed by atoms with E-state index in [4.69, 9.17) is 0 Å². The fourth-order valence-corrected chi connectivity index (χ4v) is 1.64. The molecule has 2 rings (SSSR count). The first-order valence-corrected chi connectivity index (χ1v) is 5.83. The molecule has 1 N–H and O–H groups in total. The first kappa shape index (κ1) is 11.9. The smallest absolute Gasteiger partial charge is 0.123 e. The monoisotopic (exact) mass is 232 g/mol. The summed E-state index contributed by atoms with van der Waals surface area (Å²) in [5.74, 6) is -0.221. The van der Waals surface area contributed by atoms with Crippen LogP contribution in [0.4, 0.5) is 4.39 Å². The molecule has 1 aliphatic heterocycles. The van der Waals surface area contributed by atoms with Gasteiger partial charge in [0.15, 0.2) is 0 Å². The molecule has 0 unspecified atom stereocenters. The maximum atomic E-state index is 12.7. The molecule has 0 aliphatic carbocycles. The Hall–Kier alpha value is -1.61. The normalized spacial score (nSPS) is 15.8. The Kier molecular flexibility index (Phi) is 3.94.